The SMILES string of the molecule is O=C(CN(C1CC1)S(=O)(=O)c1cccnc1)Nc1cccc(C(=O)NC2CC2)c1. The number of carbonyl (C=O) groups is 2. The smallest absolute Gasteiger partial charge is 0.251 e. The number of rotatable bonds is 8. The summed E-state index contributed by atoms with van der Waals surface area (Å²) in [5.41, 5.74) is 0.907. The summed E-state index contributed by atoms with van der Waals surface area (Å²) in [6.07, 6.45) is 6.21. The highest BCUT2D eigenvalue weighted by Crippen LogP contribution is 2.31. The first-order valence-corrected chi connectivity index (χ1v) is 11.0. The fraction of sp³-hybridized carbons (Fsp3) is 0.350. The van der Waals surface area contributed by atoms with Crippen LogP contribution in [0.1, 0.15) is 36.0 Å². The number of benzene rings is 1. The number of nitrogens with one attached hydrogen (secondary N) is 2. The molecule has 2 amide bonds. The van der Waals surface area contributed by atoms with Crippen LogP contribution >= 0.6 is 0 Å². The third kappa shape index (κ3) is 4.80. The third-order valence-corrected chi connectivity index (χ3v) is 6.70. The Morgan fingerprint density at radius 1 is 1.10 bits per heavy atom. The van der Waals surface area contributed by atoms with Gasteiger partial charge in [0.05, 0.1) is 6.54 Å². The highest BCUT2D eigenvalue weighted by molar-refractivity contribution is 7.89. The zero-order valence-corrected chi connectivity index (χ0v) is 16.6. The first-order chi connectivity index (χ1) is 13.9. The van der Waals surface area contributed by atoms with Crippen molar-refractivity contribution in [3.8, 4) is 0 Å². The van der Waals surface area contributed by atoms with Gasteiger partial charge in [0, 0.05) is 35.7 Å². The van der Waals surface area contributed by atoms with Crippen molar-refractivity contribution in [1.29, 1.82) is 0 Å². The van der Waals surface area contributed by atoms with E-state index in [-0.39, 0.29) is 29.4 Å². The van der Waals surface area contributed by atoms with Crippen LogP contribution in [0.15, 0.2) is 53.7 Å². The van der Waals surface area contributed by atoms with Gasteiger partial charge < -0.3 is 10.6 Å². The summed E-state index contributed by atoms with van der Waals surface area (Å²) in [6.45, 7) is -0.291. The van der Waals surface area contributed by atoms with Crippen LogP contribution in [0.3, 0.4) is 0 Å². The molecule has 0 spiro atoms. The second-order valence-electron chi connectivity index (χ2n) is 7.35. The van der Waals surface area contributed by atoms with Gasteiger partial charge in [-0.05, 0) is 56.0 Å². The van der Waals surface area contributed by atoms with Crippen molar-refractivity contribution < 1.29 is 18.0 Å². The average molecular weight is 414 g/mol. The molecular weight excluding hydrogens is 392 g/mol. The number of nitrogens with zero attached hydrogens (tertiary/aromatic N) is 2. The summed E-state index contributed by atoms with van der Waals surface area (Å²) in [5.74, 6) is -0.633. The van der Waals surface area contributed by atoms with Crippen molar-refractivity contribution in [2.75, 3.05) is 11.9 Å². The lowest BCUT2D eigenvalue weighted by Gasteiger charge is -2.21. The number of pyridine rings is 1. The monoisotopic (exact) mass is 414 g/mol. The standard InChI is InChI=1S/C20H22N4O4S/c25-19(22-16-4-1-3-14(11-16)20(26)23-15-6-7-15)13-24(17-8-9-17)29(27,28)18-5-2-10-21-12-18/h1-5,10-12,15,17H,6-9,13H2,(H,22,25)(H,23,26). The molecule has 1 heterocycles. The largest absolute Gasteiger partial charge is 0.349 e. The summed E-state index contributed by atoms with van der Waals surface area (Å²) in [5, 5.41) is 5.60. The van der Waals surface area contributed by atoms with Gasteiger partial charge in [-0.25, -0.2) is 8.42 Å². The summed E-state index contributed by atoms with van der Waals surface area (Å²) in [6, 6.07) is 9.70. The van der Waals surface area contributed by atoms with Crippen LogP contribution in [0.4, 0.5) is 5.69 Å². The fourth-order valence-electron chi connectivity index (χ4n) is 2.98. The Morgan fingerprint density at radius 2 is 1.90 bits per heavy atom. The summed E-state index contributed by atoms with van der Waals surface area (Å²) >= 11 is 0. The number of amides is 2. The number of carbonyl (C=O) groups excluding carboxylic acids is 2. The van der Waals surface area contributed by atoms with Gasteiger partial charge in [0.1, 0.15) is 4.90 Å². The lowest BCUT2D eigenvalue weighted by molar-refractivity contribution is -0.116. The van der Waals surface area contributed by atoms with Crippen molar-refractivity contribution >= 4 is 27.5 Å². The molecule has 2 N–H and O–H groups in total. The molecular formula is C20H22N4O4S. The Kier molecular flexibility index (Phi) is 5.33. The minimum absolute atomic E-state index is 0.0680. The van der Waals surface area contributed by atoms with Gasteiger partial charge in [-0.1, -0.05) is 6.07 Å². The number of hydrogen-bond donors (Lipinski definition) is 2. The van der Waals surface area contributed by atoms with Gasteiger partial charge in [-0.3, -0.25) is 14.6 Å². The van der Waals surface area contributed by atoms with Gasteiger partial charge in [-0.2, -0.15) is 4.31 Å². The van der Waals surface area contributed by atoms with Crippen molar-refractivity contribution in [1.82, 2.24) is 14.6 Å². The molecule has 2 saturated carbocycles. The Bertz CT molecular complexity index is 1020. The number of sulfonamides is 1. The van der Waals surface area contributed by atoms with E-state index in [1.807, 2.05) is 0 Å². The lowest BCUT2D eigenvalue weighted by Crippen LogP contribution is -2.39. The molecule has 1 aromatic heterocycles. The van der Waals surface area contributed by atoms with Crippen LogP contribution in [0, 0.1) is 0 Å². The molecule has 8 nitrogen and oxygen atoms in total. The van der Waals surface area contributed by atoms with Gasteiger partial charge in [0.25, 0.3) is 5.91 Å². The minimum Gasteiger partial charge on any atom is -0.349 e. The molecule has 0 bridgehead atoms. The van der Waals surface area contributed by atoms with E-state index in [4.69, 9.17) is 0 Å². The van der Waals surface area contributed by atoms with Gasteiger partial charge in [-0.15, -0.1) is 0 Å². The van der Waals surface area contributed by atoms with Gasteiger partial charge in [0.15, 0.2) is 0 Å². The molecule has 2 aromatic rings. The van der Waals surface area contributed by atoms with Crippen LogP contribution < -0.4 is 10.6 Å². The normalized spacial score (nSPS) is 16.4. The quantitative estimate of drug-likeness (QED) is 0.684. The van der Waals surface area contributed by atoms with Crippen molar-refractivity contribution in [2.45, 2.75) is 42.7 Å². The van der Waals surface area contributed by atoms with E-state index in [1.165, 1.54) is 22.8 Å². The first kappa shape index (κ1) is 19.5. The minimum atomic E-state index is -3.81. The number of hydrogen-bond acceptors (Lipinski definition) is 5. The van der Waals surface area contributed by atoms with Crippen LogP contribution in [0.2, 0.25) is 0 Å². The van der Waals surface area contributed by atoms with E-state index in [2.05, 4.69) is 15.6 Å². The highest BCUT2D eigenvalue weighted by atomic mass is 32.2. The second kappa shape index (κ2) is 7.92. The molecule has 0 saturated heterocycles. The van der Waals surface area contributed by atoms with E-state index >= 15 is 0 Å². The molecule has 2 aliphatic carbocycles. The van der Waals surface area contributed by atoms with Crippen molar-refractivity contribution in [2.24, 2.45) is 0 Å². The fourth-order valence-corrected chi connectivity index (χ4v) is 4.59. The molecule has 0 radical (unpaired) electrons. The van der Waals surface area contributed by atoms with Crippen LogP contribution in [0.25, 0.3) is 0 Å². The summed E-state index contributed by atoms with van der Waals surface area (Å²) < 4.78 is 27.0. The Balaban J connectivity index is 1.45. The van der Waals surface area contributed by atoms with E-state index in [0.29, 0.717) is 11.3 Å². The van der Waals surface area contributed by atoms with Crippen LogP contribution in [-0.2, 0) is 14.8 Å². The molecule has 29 heavy (non-hydrogen) atoms. The van der Waals surface area contributed by atoms with E-state index in [9.17, 15) is 18.0 Å². The lowest BCUT2D eigenvalue weighted by atomic mass is 10.2. The van der Waals surface area contributed by atoms with E-state index in [1.54, 1.807) is 30.3 Å². The van der Waals surface area contributed by atoms with E-state index < -0.39 is 15.9 Å². The average Bonchev–Trinajstić information content (AvgIpc) is 3.62. The zero-order chi connectivity index (χ0) is 20.4. The first-order valence-electron chi connectivity index (χ1n) is 9.56. The maximum atomic E-state index is 12.9. The van der Waals surface area contributed by atoms with Gasteiger partial charge in [0.2, 0.25) is 15.9 Å². The number of anilines is 1. The summed E-state index contributed by atoms with van der Waals surface area (Å²) in [7, 11) is -3.81. The Labute approximate surface area is 169 Å². The number of aromatic nitrogens is 1. The molecule has 2 fully saturated rings. The molecule has 0 aliphatic heterocycles. The maximum Gasteiger partial charge on any atom is 0.251 e. The zero-order valence-electron chi connectivity index (χ0n) is 15.7. The van der Waals surface area contributed by atoms with Crippen molar-refractivity contribution in [3.63, 3.8) is 0 Å². The van der Waals surface area contributed by atoms with Crippen LogP contribution in [0.5, 0.6) is 0 Å². The summed E-state index contributed by atoms with van der Waals surface area (Å²) in [4.78, 5) is 28.7. The molecule has 152 valence electrons. The predicted molar refractivity (Wildman–Crippen MR) is 107 cm³/mol. The van der Waals surface area contributed by atoms with E-state index in [0.717, 1.165) is 25.7 Å². The molecule has 2 aliphatic rings. The molecule has 0 unspecified atom stereocenters. The van der Waals surface area contributed by atoms with Crippen LogP contribution in [-0.4, -0.2) is 48.1 Å². The molecule has 9 heteroatoms. The second-order valence-corrected chi connectivity index (χ2v) is 9.24. The highest BCUT2D eigenvalue weighted by Gasteiger charge is 2.39. The molecule has 4 rings (SSSR count). The third-order valence-electron chi connectivity index (χ3n) is 4.82. The molecule has 1 aromatic carbocycles. The maximum absolute atomic E-state index is 12.9. The van der Waals surface area contributed by atoms with Gasteiger partial charge >= 0.3 is 0 Å². The molecule has 0 atom stereocenters. The predicted octanol–water partition coefficient (Wildman–Crippen LogP) is 1.77. The Hall–Kier alpha value is -2.78. The van der Waals surface area contributed by atoms with Crippen molar-refractivity contribution in [3.05, 3.63) is 54.4 Å². The Morgan fingerprint density at radius 3 is 2.55 bits per heavy atom. The topological polar surface area (TPSA) is 108 Å².